The van der Waals surface area contributed by atoms with E-state index < -0.39 is 11.9 Å². The van der Waals surface area contributed by atoms with Crippen LogP contribution in [0.25, 0.3) is 0 Å². The Kier molecular flexibility index (Phi) is 5.42. The summed E-state index contributed by atoms with van der Waals surface area (Å²) < 4.78 is 0. The van der Waals surface area contributed by atoms with Crippen LogP contribution >= 0.6 is 11.6 Å². The van der Waals surface area contributed by atoms with Crippen molar-refractivity contribution in [2.75, 3.05) is 25.0 Å². The highest BCUT2D eigenvalue weighted by atomic mass is 35.5. The first kappa shape index (κ1) is 16.8. The van der Waals surface area contributed by atoms with Crippen molar-refractivity contribution < 1.29 is 14.7 Å². The molecule has 6 heteroatoms. The van der Waals surface area contributed by atoms with Crippen LogP contribution in [0.3, 0.4) is 0 Å². The molecule has 0 aromatic heterocycles. The van der Waals surface area contributed by atoms with Crippen molar-refractivity contribution >= 4 is 29.2 Å². The van der Waals surface area contributed by atoms with Gasteiger partial charge in [-0.05, 0) is 37.0 Å². The number of halogens is 1. The molecular formula is C16H21ClN2O3. The predicted octanol–water partition coefficient (Wildman–Crippen LogP) is 2.63. The number of aliphatic carboxylic acids is 1. The minimum absolute atomic E-state index is 0.149. The maximum absolute atomic E-state index is 12.2. The Hall–Kier alpha value is -1.59. The predicted molar refractivity (Wildman–Crippen MR) is 86.2 cm³/mol. The highest BCUT2D eigenvalue weighted by molar-refractivity contribution is 6.31. The quantitative estimate of drug-likeness (QED) is 0.893. The van der Waals surface area contributed by atoms with Crippen LogP contribution in [0.4, 0.5) is 5.69 Å². The Morgan fingerprint density at radius 2 is 2.14 bits per heavy atom. The number of nitrogens with one attached hydrogen (secondary N) is 1. The number of piperidine rings is 1. The van der Waals surface area contributed by atoms with E-state index >= 15 is 0 Å². The maximum Gasteiger partial charge on any atom is 0.307 e. The van der Waals surface area contributed by atoms with Crippen LogP contribution in [0.1, 0.15) is 18.9 Å². The highest BCUT2D eigenvalue weighted by Crippen LogP contribution is 2.23. The van der Waals surface area contributed by atoms with Crippen molar-refractivity contribution in [1.29, 1.82) is 0 Å². The molecule has 0 aliphatic carbocycles. The average molecular weight is 325 g/mol. The lowest BCUT2D eigenvalue weighted by molar-refractivity contribution is -0.144. The van der Waals surface area contributed by atoms with Crippen LogP contribution in [0.5, 0.6) is 0 Å². The van der Waals surface area contributed by atoms with E-state index in [0.717, 1.165) is 12.1 Å². The number of carboxylic acids is 1. The van der Waals surface area contributed by atoms with Crippen molar-refractivity contribution in [2.24, 2.45) is 11.8 Å². The second kappa shape index (κ2) is 7.11. The first-order valence-corrected chi connectivity index (χ1v) is 7.74. The molecule has 1 amide bonds. The van der Waals surface area contributed by atoms with Crippen molar-refractivity contribution in [3.05, 3.63) is 28.8 Å². The molecule has 0 bridgehead atoms. The maximum atomic E-state index is 12.2. The van der Waals surface area contributed by atoms with Crippen LogP contribution in [-0.2, 0) is 9.59 Å². The minimum Gasteiger partial charge on any atom is -0.481 e. The van der Waals surface area contributed by atoms with E-state index in [1.54, 1.807) is 12.1 Å². The van der Waals surface area contributed by atoms with Gasteiger partial charge < -0.3 is 10.4 Å². The molecule has 2 atom stereocenters. The number of rotatable bonds is 4. The molecule has 1 aliphatic heterocycles. The second-order valence-electron chi connectivity index (χ2n) is 6.08. The van der Waals surface area contributed by atoms with Gasteiger partial charge in [-0.25, -0.2) is 0 Å². The molecule has 1 fully saturated rings. The minimum atomic E-state index is -0.789. The van der Waals surface area contributed by atoms with Gasteiger partial charge in [0.2, 0.25) is 5.91 Å². The summed E-state index contributed by atoms with van der Waals surface area (Å²) in [4.78, 5) is 25.3. The van der Waals surface area contributed by atoms with Crippen molar-refractivity contribution in [3.8, 4) is 0 Å². The Bertz CT molecular complexity index is 577. The van der Waals surface area contributed by atoms with E-state index in [-0.39, 0.29) is 18.4 Å². The van der Waals surface area contributed by atoms with E-state index in [1.165, 1.54) is 0 Å². The summed E-state index contributed by atoms with van der Waals surface area (Å²) in [7, 11) is 0. The van der Waals surface area contributed by atoms with Crippen LogP contribution in [-0.4, -0.2) is 41.5 Å². The average Bonchev–Trinajstić information content (AvgIpc) is 2.42. The van der Waals surface area contributed by atoms with Gasteiger partial charge in [-0.3, -0.25) is 14.5 Å². The highest BCUT2D eigenvalue weighted by Gasteiger charge is 2.30. The molecular weight excluding hydrogens is 304 g/mol. The Morgan fingerprint density at radius 1 is 1.41 bits per heavy atom. The molecule has 1 saturated heterocycles. The zero-order chi connectivity index (χ0) is 16.3. The number of benzene rings is 1. The molecule has 2 rings (SSSR count). The summed E-state index contributed by atoms with van der Waals surface area (Å²) in [5, 5.41) is 12.6. The molecule has 1 heterocycles. The summed E-state index contributed by atoms with van der Waals surface area (Å²) in [6.45, 7) is 5.27. The number of aryl methyl sites for hydroxylation is 1. The van der Waals surface area contributed by atoms with Crippen molar-refractivity contribution in [2.45, 2.75) is 20.3 Å². The zero-order valence-electron chi connectivity index (χ0n) is 12.8. The number of likely N-dealkylation sites (tertiary alicyclic amines) is 1. The van der Waals surface area contributed by atoms with E-state index in [2.05, 4.69) is 5.32 Å². The summed E-state index contributed by atoms with van der Waals surface area (Å²) >= 11 is 5.94. The third kappa shape index (κ3) is 4.45. The first-order valence-electron chi connectivity index (χ1n) is 7.36. The first-order chi connectivity index (χ1) is 10.3. The van der Waals surface area contributed by atoms with E-state index in [9.17, 15) is 9.59 Å². The fourth-order valence-corrected chi connectivity index (χ4v) is 3.06. The van der Waals surface area contributed by atoms with Gasteiger partial charge in [0.1, 0.15) is 0 Å². The number of carbonyl (C=O) groups excluding carboxylic acids is 1. The Labute approximate surface area is 135 Å². The summed E-state index contributed by atoms with van der Waals surface area (Å²) in [5.74, 6) is -1.06. The number of hydrogen-bond donors (Lipinski definition) is 2. The van der Waals surface area contributed by atoms with E-state index in [4.69, 9.17) is 16.7 Å². The molecule has 2 unspecified atom stereocenters. The molecule has 5 nitrogen and oxygen atoms in total. The van der Waals surface area contributed by atoms with E-state index in [1.807, 2.05) is 24.8 Å². The zero-order valence-corrected chi connectivity index (χ0v) is 13.6. The molecule has 1 aromatic rings. The van der Waals surface area contributed by atoms with Gasteiger partial charge in [-0.15, -0.1) is 0 Å². The summed E-state index contributed by atoms with van der Waals surface area (Å²) in [6.07, 6.45) is 0.668. The standard InChI is InChI=1S/C16H21ClN2O3/c1-10-5-12(16(21)22)8-19(7-10)9-15(20)18-14-6-13(17)4-3-11(14)2/h3-4,6,10,12H,5,7-9H2,1-2H3,(H,18,20)(H,21,22). The van der Waals surface area contributed by atoms with Crippen LogP contribution < -0.4 is 5.32 Å². The van der Waals surface area contributed by atoms with Crippen molar-refractivity contribution in [1.82, 2.24) is 4.90 Å². The summed E-state index contributed by atoms with van der Waals surface area (Å²) in [6, 6.07) is 5.34. The Morgan fingerprint density at radius 3 is 2.82 bits per heavy atom. The van der Waals surface area contributed by atoms with Gasteiger partial charge in [0.05, 0.1) is 12.5 Å². The van der Waals surface area contributed by atoms with Gasteiger partial charge in [0, 0.05) is 23.8 Å². The fraction of sp³-hybridized carbons (Fsp3) is 0.500. The van der Waals surface area contributed by atoms with Crippen LogP contribution in [0.2, 0.25) is 5.02 Å². The third-order valence-corrected chi connectivity index (χ3v) is 4.16. The fourth-order valence-electron chi connectivity index (χ4n) is 2.89. The number of anilines is 1. The third-order valence-electron chi connectivity index (χ3n) is 3.93. The number of carbonyl (C=O) groups is 2. The van der Waals surface area contributed by atoms with Gasteiger partial charge in [-0.1, -0.05) is 24.6 Å². The van der Waals surface area contributed by atoms with Crippen molar-refractivity contribution in [3.63, 3.8) is 0 Å². The van der Waals surface area contributed by atoms with Crippen LogP contribution in [0.15, 0.2) is 18.2 Å². The summed E-state index contributed by atoms with van der Waals surface area (Å²) in [5.41, 5.74) is 1.63. The lowest BCUT2D eigenvalue weighted by atomic mass is 9.90. The van der Waals surface area contributed by atoms with E-state index in [0.29, 0.717) is 23.7 Å². The number of amides is 1. The molecule has 22 heavy (non-hydrogen) atoms. The monoisotopic (exact) mass is 324 g/mol. The normalized spacial score (nSPS) is 22.3. The second-order valence-corrected chi connectivity index (χ2v) is 6.51. The van der Waals surface area contributed by atoms with Gasteiger partial charge in [-0.2, -0.15) is 0 Å². The number of hydrogen-bond acceptors (Lipinski definition) is 3. The molecule has 0 spiro atoms. The lowest BCUT2D eigenvalue weighted by Crippen LogP contribution is -2.45. The Balaban J connectivity index is 1.96. The molecule has 2 N–H and O–H groups in total. The molecule has 0 saturated carbocycles. The number of nitrogens with zero attached hydrogens (tertiary/aromatic N) is 1. The topological polar surface area (TPSA) is 69.6 Å². The van der Waals surface area contributed by atoms with Crippen LogP contribution in [0, 0.1) is 18.8 Å². The van der Waals surface area contributed by atoms with Gasteiger partial charge in [0.15, 0.2) is 0 Å². The lowest BCUT2D eigenvalue weighted by Gasteiger charge is -2.34. The molecule has 120 valence electrons. The SMILES string of the molecule is Cc1ccc(Cl)cc1NC(=O)CN1CC(C)CC(C(=O)O)C1. The van der Waals surface area contributed by atoms with Gasteiger partial charge >= 0.3 is 5.97 Å². The molecule has 1 aromatic carbocycles. The molecule has 0 radical (unpaired) electrons. The number of carboxylic acid groups (broad SMARTS) is 1. The largest absolute Gasteiger partial charge is 0.481 e. The van der Waals surface area contributed by atoms with Gasteiger partial charge in [0.25, 0.3) is 0 Å². The molecule has 1 aliphatic rings. The smallest absolute Gasteiger partial charge is 0.307 e.